The fourth-order valence-corrected chi connectivity index (χ4v) is 3.75. The Labute approximate surface area is 144 Å². The van der Waals surface area contributed by atoms with E-state index in [4.69, 9.17) is 5.26 Å². The van der Waals surface area contributed by atoms with E-state index in [0.717, 1.165) is 16.6 Å². The molecule has 25 heavy (non-hydrogen) atoms. The lowest BCUT2D eigenvalue weighted by molar-refractivity contribution is -0.137. The third kappa shape index (κ3) is 4.59. The Hall–Kier alpha value is -1.90. The minimum absolute atomic E-state index is 0.102. The van der Waals surface area contributed by atoms with Crippen molar-refractivity contribution >= 4 is 16.0 Å². The molecule has 0 aromatic carbocycles. The Bertz CT molecular complexity index is 722. The Kier molecular flexibility index (Phi) is 5.87. The van der Waals surface area contributed by atoms with Gasteiger partial charge >= 0.3 is 6.18 Å². The zero-order valence-electron chi connectivity index (χ0n) is 13.6. The number of aromatic nitrogens is 1. The van der Waals surface area contributed by atoms with E-state index in [1.807, 2.05) is 6.07 Å². The van der Waals surface area contributed by atoms with Crippen molar-refractivity contribution in [3.63, 3.8) is 0 Å². The molecular weight excluding hydrogens is 359 g/mol. The second kappa shape index (κ2) is 7.55. The number of piperazine rings is 1. The average molecular weight is 377 g/mol. The Morgan fingerprint density at radius 3 is 2.40 bits per heavy atom. The van der Waals surface area contributed by atoms with Gasteiger partial charge in [0.2, 0.25) is 0 Å². The highest BCUT2D eigenvalue weighted by atomic mass is 32.2. The number of hydrogen-bond acceptors (Lipinski definition) is 5. The molecule has 2 heterocycles. The van der Waals surface area contributed by atoms with Crippen LogP contribution in [0.3, 0.4) is 0 Å². The zero-order chi connectivity index (χ0) is 18.7. The van der Waals surface area contributed by atoms with Gasteiger partial charge in [0.05, 0.1) is 11.6 Å². The normalized spacial score (nSPS) is 16.9. The van der Waals surface area contributed by atoms with Gasteiger partial charge in [-0.3, -0.25) is 0 Å². The number of nitriles is 1. The predicted octanol–water partition coefficient (Wildman–Crippen LogP) is 1.31. The first-order valence-electron chi connectivity index (χ1n) is 7.53. The van der Waals surface area contributed by atoms with Crippen LogP contribution in [0, 0.1) is 11.3 Å². The SMILES string of the molecule is CN(CCC#N)S(=O)(=O)N1CCN(c2ccc(C(F)(F)F)cn2)CC1. The van der Waals surface area contributed by atoms with Gasteiger partial charge in [0.1, 0.15) is 5.82 Å². The fraction of sp³-hybridized carbons (Fsp3) is 0.571. The number of anilines is 1. The molecule has 1 aliphatic heterocycles. The second-order valence-electron chi connectivity index (χ2n) is 5.53. The van der Waals surface area contributed by atoms with Crippen molar-refractivity contribution in [2.45, 2.75) is 12.6 Å². The maximum absolute atomic E-state index is 12.6. The van der Waals surface area contributed by atoms with Crippen molar-refractivity contribution in [1.82, 2.24) is 13.6 Å². The highest BCUT2D eigenvalue weighted by molar-refractivity contribution is 7.86. The van der Waals surface area contributed by atoms with Gasteiger partial charge in [-0.25, -0.2) is 4.98 Å². The minimum Gasteiger partial charge on any atom is -0.354 e. The molecular formula is C14H18F3N5O2S. The van der Waals surface area contributed by atoms with Crippen LogP contribution in [0.25, 0.3) is 0 Å². The molecule has 1 aromatic rings. The first-order valence-corrected chi connectivity index (χ1v) is 8.92. The van der Waals surface area contributed by atoms with Crippen LogP contribution in [0.2, 0.25) is 0 Å². The van der Waals surface area contributed by atoms with Crippen molar-refractivity contribution in [3.05, 3.63) is 23.9 Å². The summed E-state index contributed by atoms with van der Waals surface area (Å²) in [7, 11) is -2.23. The molecule has 0 aliphatic carbocycles. The molecule has 2 rings (SSSR count). The summed E-state index contributed by atoms with van der Waals surface area (Å²) in [4.78, 5) is 5.56. The van der Waals surface area contributed by atoms with Gasteiger partial charge in [0, 0.05) is 52.4 Å². The van der Waals surface area contributed by atoms with E-state index in [0.29, 0.717) is 18.9 Å². The zero-order valence-corrected chi connectivity index (χ0v) is 14.4. The summed E-state index contributed by atoms with van der Waals surface area (Å²) >= 11 is 0. The smallest absolute Gasteiger partial charge is 0.354 e. The van der Waals surface area contributed by atoms with Crippen molar-refractivity contribution in [1.29, 1.82) is 5.26 Å². The van der Waals surface area contributed by atoms with E-state index in [1.54, 1.807) is 4.90 Å². The van der Waals surface area contributed by atoms with E-state index >= 15 is 0 Å². The van der Waals surface area contributed by atoms with Crippen LogP contribution in [-0.4, -0.2) is 61.8 Å². The Morgan fingerprint density at radius 1 is 1.28 bits per heavy atom. The number of rotatable bonds is 5. The van der Waals surface area contributed by atoms with Crippen LogP contribution in [-0.2, 0) is 16.4 Å². The Balaban J connectivity index is 1.98. The summed E-state index contributed by atoms with van der Waals surface area (Å²) in [5, 5.41) is 8.55. The molecule has 1 aliphatic rings. The van der Waals surface area contributed by atoms with Crippen molar-refractivity contribution in [3.8, 4) is 6.07 Å². The van der Waals surface area contributed by atoms with Gasteiger partial charge < -0.3 is 4.90 Å². The lowest BCUT2D eigenvalue weighted by Gasteiger charge is -2.36. The molecule has 7 nitrogen and oxygen atoms in total. The summed E-state index contributed by atoms with van der Waals surface area (Å²) < 4.78 is 64.8. The lowest BCUT2D eigenvalue weighted by Crippen LogP contribution is -2.52. The van der Waals surface area contributed by atoms with Crippen molar-refractivity contribution in [2.24, 2.45) is 0 Å². The van der Waals surface area contributed by atoms with Gasteiger partial charge in [-0.2, -0.15) is 35.5 Å². The van der Waals surface area contributed by atoms with E-state index in [2.05, 4.69) is 4.98 Å². The summed E-state index contributed by atoms with van der Waals surface area (Å²) in [5.74, 6) is 0.378. The number of nitrogens with zero attached hydrogens (tertiary/aromatic N) is 5. The molecule has 0 N–H and O–H groups in total. The molecule has 138 valence electrons. The topological polar surface area (TPSA) is 80.5 Å². The van der Waals surface area contributed by atoms with Crippen LogP contribution < -0.4 is 4.90 Å². The summed E-state index contributed by atoms with van der Waals surface area (Å²) in [6.07, 6.45) is -3.56. The standard InChI is InChI=1S/C14H18F3N5O2S/c1-20(6-2-5-18)25(23,24)22-9-7-21(8-10-22)13-4-3-12(11-19-13)14(15,16)17/h3-4,11H,2,6-10H2,1H3. The molecule has 11 heteroatoms. The van der Waals surface area contributed by atoms with Gasteiger partial charge in [-0.05, 0) is 12.1 Å². The monoisotopic (exact) mass is 377 g/mol. The third-order valence-corrected chi connectivity index (χ3v) is 5.88. The molecule has 0 saturated carbocycles. The molecule has 1 aromatic heterocycles. The predicted molar refractivity (Wildman–Crippen MR) is 84.8 cm³/mol. The van der Waals surface area contributed by atoms with E-state index < -0.39 is 21.9 Å². The molecule has 0 radical (unpaired) electrons. The minimum atomic E-state index is -4.44. The molecule has 0 bridgehead atoms. The van der Waals surface area contributed by atoms with Crippen LogP contribution >= 0.6 is 0 Å². The molecule has 0 amide bonds. The largest absolute Gasteiger partial charge is 0.417 e. The number of hydrogen-bond donors (Lipinski definition) is 0. The van der Waals surface area contributed by atoms with Gasteiger partial charge in [-0.1, -0.05) is 0 Å². The van der Waals surface area contributed by atoms with Crippen LogP contribution in [0.4, 0.5) is 19.0 Å². The van der Waals surface area contributed by atoms with Crippen LogP contribution in [0.5, 0.6) is 0 Å². The third-order valence-electron chi connectivity index (χ3n) is 3.90. The van der Waals surface area contributed by atoms with E-state index in [1.165, 1.54) is 17.4 Å². The fourth-order valence-electron chi connectivity index (χ4n) is 2.41. The van der Waals surface area contributed by atoms with Crippen molar-refractivity contribution in [2.75, 3.05) is 44.7 Å². The quantitative estimate of drug-likeness (QED) is 0.773. The van der Waals surface area contributed by atoms with E-state index in [9.17, 15) is 21.6 Å². The summed E-state index contributed by atoms with van der Waals surface area (Å²) in [6.45, 7) is 1.15. The van der Waals surface area contributed by atoms with Crippen molar-refractivity contribution < 1.29 is 21.6 Å². The van der Waals surface area contributed by atoms with Gasteiger partial charge in [0.15, 0.2) is 0 Å². The first-order chi connectivity index (χ1) is 11.7. The molecule has 1 fully saturated rings. The summed E-state index contributed by atoms with van der Waals surface area (Å²) in [6, 6.07) is 4.14. The Morgan fingerprint density at radius 2 is 1.92 bits per heavy atom. The maximum Gasteiger partial charge on any atom is 0.417 e. The number of pyridine rings is 1. The second-order valence-corrected chi connectivity index (χ2v) is 7.56. The highest BCUT2D eigenvalue weighted by Gasteiger charge is 2.32. The highest BCUT2D eigenvalue weighted by Crippen LogP contribution is 2.29. The molecule has 0 atom stereocenters. The maximum atomic E-state index is 12.6. The van der Waals surface area contributed by atoms with Gasteiger partial charge in [0.25, 0.3) is 10.2 Å². The molecule has 0 unspecified atom stereocenters. The van der Waals surface area contributed by atoms with E-state index in [-0.39, 0.29) is 26.1 Å². The molecule has 1 saturated heterocycles. The first kappa shape index (κ1) is 19.4. The lowest BCUT2D eigenvalue weighted by atomic mass is 10.2. The van der Waals surface area contributed by atoms with Crippen LogP contribution in [0.1, 0.15) is 12.0 Å². The summed E-state index contributed by atoms with van der Waals surface area (Å²) in [5.41, 5.74) is -0.823. The average Bonchev–Trinajstić information content (AvgIpc) is 2.59. The number of alkyl halides is 3. The number of halogens is 3. The molecule has 0 spiro atoms. The van der Waals surface area contributed by atoms with Gasteiger partial charge in [-0.15, -0.1) is 0 Å². The van der Waals surface area contributed by atoms with Crippen LogP contribution in [0.15, 0.2) is 18.3 Å².